The van der Waals surface area contributed by atoms with Gasteiger partial charge in [-0.25, -0.2) is 0 Å². The lowest BCUT2D eigenvalue weighted by Gasteiger charge is -2.32. The molecule has 0 saturated carbocycles. The normalized spacial score (nSPS) is 19.9. The first-order valence-electron chi connectivity index (χ1n) is 6.50. The van der Waals surface area contributed by atoms with Crippen LogP contribution in [0.15, 0.2) is 24.3 Å². The Kier molecular flexibility index (Phi) is 4.33. The van der Waals surface area contributed by atoms with E-state index in [1.165, 1.54) is 0 Å². The second-order valence-electron chi connectivity index (χ2n) is 4.78. The topological polar surface area (TPSA) is 58.4 Å². The van der Waals surface area contributed by atoms with Crippen molar-refractivity contribution in [3.8, 4) is 0 Å². The first-order chi connectivity index (χ1) is 8.74. The lowest BCUT2D eigenvalue weighted by molar-refractivity contribution is 0.0698. The maximum Gasteiger partial charge on any atom is 0.253 e. The Hall–Kier alpha value is -1.39. The van der Waals surface area contributed by atoms with Gasteiger partial charge in [0.15, 0.2) is 0 Å². The van der Waals surface area contributed by atoms with Crippen LogP contribution in [0.4, 0.5) is 0 Å². The summed E-state index contributed by atoms with van der Waals surface area (Å²) in [5.41, 5.74) is 7.36. The number of piperidine rings is 1. The maximum absolute atomic E-state index is 12.3. The highest BCUT2D eigenvalue weighted by atomic mass is 16.2. The maximum atomic E-state index is 12.3. The van der Waals surface area contributed by atoms with E-state index in [0.717, 1.165) is 37.1 Å². The summed E-state index contributed by atoms with van der Waals surface area (Å²) in [4.78, 5) is 14.3. The quantitative estimate of drug-likeness (QED) is 0.836. The van der Waals surface area contributed by atoms with Crippen LogP contribution < -0.4 is 11.1 Å². The Balaban J connectivity index is 2.05. The standard InChI is InChI=1S/C14H21N3O/c1-16-13-3-2-8-17(10-13)14(18)12-6-4-11(9-15)5-7-12/h4-7,13,16H,2-3,8-10,15H2,1H3/t13-/m0/s1. The van der Waals surface area contributed by atoms with E-state index >= 15 is 0 Å². The van der Waals surface area contributed by atoms with E-state index in [-0.39, 0.29) is 5.91 Å². The predicted molar refractivity (Wildman–Crippen MR) is 72.3 cm³/mol. The molecule has 0 radical (unpaired) electrons. The van der Waals surface area contributed by atoms with Gasteiger partial charge in [-0.05, 0) is 37.6 Å². The van der Waals surface area contributed by atoms with E-state index in [4.69, 9.17) is 5.73 Å². The fourth-order valence-corrected chi connectivity index (χ4v) is 2.36. The van der Waals surface area contributed by atoms with Crippen LogP contribution in [0, 0.1) is 0 Å². The Morgan fingerprint density at radius 2 is 2.17 bits per heavy atom. The Bertz CT molecular complexity index is 402. The largest absolute Gasteiger partial charge is 0.337 e. The monoisotopic (exact) mass is 247 g/mol. The fourth-order valence-electron chi connectivity index (χ4n) is 2.36. The molecular formula is C14H21N3O. The number of nitrogens with two attached hydrogens (primary N) is 1. The highest BCUT2D eigenvalue weighted by molar-refractivity contribution is 5.94. The van der Waals surface area contributed by atoms with Crippen LogP contribution in [-0.4, -0.2) is 37.0 Å². The molecule has 1 fully saturated rings. The summed E-state index contributed by atoms with van der Waals surface area (Å²) in [5.74, 6) is 0.124. The second kappa shape index (κ2) is 5.98. The number of likely N-dealkylation sites (N-methyl/N-ethyl adjacent to an activating group) is 1. The molecule has 0 bridgehead atoms. The van der Waals surface area contributed by atoms with Gasteiger partial charge in [-0.2, -0.15) is 0 Å². The van der Waals surface area contributed by atoms with E-state index < -0.39 is 0 Å². The van der Waals surface area contributed by atoms with Crippen molar-refractivity contribution < 1.29 is 4.79 Å². The number of carbonyl (C=O) groups excluding carboxylic acids is 1. The number of amides is 1. The minimum atomic E-state index is 0.124. The molecule has 0 aromatic heterocycles. The van der Waals surface area contributed by atoms with Gasteiger partial charge in [-0.1, -0.05) is 12.1 Å². The van der Waals surface area contributed by atoms with Crippen molar-refractivity contribution in [1.82, 2.24) is 10.2 Å². The van der Waals surface area contributed by atoms with E-state index in [2.05, 4.69) is 5.32 Å². The molecule has 1 aliphatic heterocycles. The molecule has 2 rings (SSSR count). The van der Waals surface area contributed by atoms with E-state index in [1.807, 2.05) is 36.2 Å². The molecule has 1 aromatic carbocycles. The molecule has 98 valence electrons. The fraction of sp³-hybridized carbons (Fsp3) is 0.500. The van der Waals surface area contributed by atoms with E-state index in [9.17, 15) is 4.79 Å². The minimum absolute atomic E-state index is 0.124. The van der Waals surface area contributed by atoms with Crippen molar-refractivity contribution in [2.24, 2.45) is 5.73 Å². The van der Waals surface area contributed by atoms with Gasteiger partial charge in [0.1, 0.15) is 0 Å². The summed E-state index contributed by atoms with van der Waals surface area (Å²) in [6, 6.07) is 8.01. The first-order valence-corrected chi connectivity index (χ1v) is 6.50. The lowest BCUT2D eigenvalue weighted by Crippen LogP contribution is -2.46. The Morgan fingerprint density at radius 1 is 1.44 bits per heavy atom. The molecule has 1 heterocycles. The number of carbonyl (C=O) groups is 1. The number of hydrogen-bond acceptors (Lipinski definition) is 3. The van der Waals surface area contributed by atoms with Crippen LogP contribution >= 0.6 is 0 Å². The molecule has 1 saturated heterocycles. The number of hydrogen-bond donors (Lipinski definition) is 2. The van der Waals surface area contributed by atoms with Crippen molar-refractivity contribution in [1.29, 1.82) is 0 Å². The Labute approximate surface area is 108 Å². The zero-order valence-electron chi connectivity index (χ0n) is 10.9. The van der Waals surface area contributed by atoms with Gasteiger partial charge in [0.2, 0.25) is 0 Å². The average Bonchev–Trinajstić information content (AvgIpc) is 2.46. The summed E-state index contributed by atoms with van der Waals surface area (Å²) < 4.78 is 0. The van der Waals surface area contributed by atoms with Crippen molar-refractivity contribution in [3.63, 3.8) is 0 Å². The van der Waals surface area contributed by atoms with Crippen LogP contribution in [-0.2, 0) is 6.54 Å². The van der Waals surface area contributed by atoms with Crippen LogP contribution in [0.1, 0.15) is 28.8 Å². The smallest absolute Gasteiger partial charge is 0.253 e. The number of rotatable bonds is 3. The highest BCUT2D eigenvalue weighted by Crippen LogP contribution is 2.14. The Morgan fingerprint density at radius 3 is 2.78 bits per heavy atom. The molecule has 4 heteroatoms. The van der Waals surface area contributed by atoms with Gasteiger partial charge in [0.05, 0.1) is 0 Å². The zero-order valence-corrected chi connectivity index (χ0v) is 10.9. The van der Waals surface area contributed by atoms with Gasteiger partial charge in [0.25, 0.3) is 5.91 Å². The van der Waals surface area contributed by atoms with E-state index in [0.29, 0.717) is 12.6 Å². The minimum Gasteiger partial charge on any atom is -0.337 e. The molecular weight excluding hydrogens is 226 g/mol. The molecule has 3 N–H and O–H groups in total. The third kappa shape index (κ3) is 2.89. The molecule has 1 atom stereocenters. The van der Waals surface area contributed by atoms with Crippen LogP contribution in [0.3, 0.4) is 0 Å². The summed E-state index contributed by atoms with van der Waals surface area (Å²) in [5, 5.41) is 3.25. The number of likely N-dealkylation sites (tertiary alicyclic amines) is 1. The van der Waals surface area contributed by atoms with E-state index in [1.54, 1.807) is 0 Å². The summed E-state index contributed by atoms with van der Waals surface area (Å²) in [6.45, 7) is 2.17. The summed E-state index contributed by atoms with van der Waals surface area (Å²) in [7, 11) is 1.95. The van der Waals surface area contributed by atoms with Crippen molar-refractivity contribution in [2.75, 3.05) is 20.1 Å². The predicted octanol–water partition coefficient (Wildman–Crippen LogP) is 0.969. The molecule has 4 nitrogen and oxygen atoms in total. The highest BCUT2D eigenvalue weighted by Gasteiger charge is 2.23. The lowest BCUT2D eigenvalue weighted by atomic mass is 10.0. The van der Waals surface area contributed by atoms with Gasteiger partial charge in [0, 0.05) is 31.2 Å². The van der Waals surface area contributed by atoms with Crippen molar-refractivity contribution >= 4 is 5.91 Å². The van der Waals surface area contributed by atoms with Gasteiger partial charge < -0.3 is 16.0 Å². The first kappa shape index (κ1) is 13.1. The van der Waals surface area contributed by atoms with Crippen molar-refractivity contribution in [2.45, 2.75) is 25.4 Å². The number of nitrogens with zero attached hydrogens (tertiary/aromatic N) is 1. The van der Waals surface area contributed by atoms with Crippen molar-refractivity contribution in [3.05, 3.63) is 35.4 Å². The SMILES string of the molecule is CN[C@H]1CCCN(C(=O)c2ccc(CN)cc2)C1. The summed E-state index contributed by atoms with van der Waals surface area (Å²) in [6.07, 6.45) is 2.21. The van der Waals surface area contributed by atoms with Gasteiger partial charge >= 0.3 is 0 Å². The second-order valence-corrected chi connectivity index (χ2v) is 4.78. The third-order valence-electron chi connectivity index (χ3n) is 3.55. The zero-order chi connectivity index (χ0) is 13.0. The van der Waals surface area contributed by atoms with Crippen LogP contribution in [0.2, 0.25) is 0 Å². The van der Waals surface area contributed by atoms with Gasteiger partial charge in [-0.15, -0.1) is 0 Å². The number of benzene rings is 1. The third-order valence-corrected chi connectivity index (χ3v) is 3.55. The molecule has 18 heavy (non-hydrogen) atoms. The van der Waals surface area contributed by atoms with Gasteiger partial charge in [-0.3, -0.25) is 4.79 Å². The molecule has 1 amide bonds. The van der Waals surface area contributed by atoms with Crippen LogP contribution in [0.25, 0.3) is 0 Å². The molecule has 0 spiro atoms. The molecule has 1 aliphatic rings. The molecule has 0 aliphatic carbocycles. The molecule has 1 aromatic rings. The summed E-state index contributed by atoms with van der Waals surface area (Å²) >= 11 is 0. The molecule has 0 unspecified atom stereocenters. The number of nitrogens with one attached hydrogen (secondary N) is 1. The average molecular weight is 247 g/mol. The van der Waals surface area contributed by atoms with Crippen LogP contribution in [0.5, 0.6) is 0 Å².